The Kier molecular flexibility index (Phi) is 5.03. The van der Waals surface area contributed by atoms with Gasteiger partial charge in [-0.3, -0.25) is 4.79 Å². The summed E-state index contributed by atoms with van der Waals surface area (Å²) in [4.78, 5) is 19.1. The maximum atomic E-state index is 12.8. The fraction of sp³-hybridized carbons (Fsp3) is 0.625. The quantitative estimate of drug-likeness (QED) is 0.787. The predicted molar refractivity (Wildman–Crippen MR) is 82.2 cm³/mol. The number of piperidine rings is 1. The Balaban J connectivity index is 2.27. The van der Waals surface area contributed by atoms with Gasteiger partial charge in [0, 0.05) is 23.3 Å². The molecule has 110 valence electrons. The van der Waals surface area contributed by atoms with E-state index in [-0.39, 0.29) is 5.91 Å². The number of rotatable bonds is 3. The summed E-state index contributed by atoms with van der Waals surface area (Å²) in [6, 6.07) is 4.18. The van der Waals surface area contributed by atoms with Gasteiger partial charge in [0.2, 0.25) is 0 Å². The second kappa shape index (κ2) is 6.57. The SMILES string of the molecule is CCCc1cc(C(=O)N2C(C)CCCC2C)cc(Cl)n1. The van der Waals surface area contributed by atoms with Crippen LogP contribution in [0.2, 0.25) is 5.15 Å². The number of halogens is 1. The lowest BCUT2D eigenvalue weighted by Gasteiger charge is -2.39. The topological polar surface area (TPSA) is 33.2 Å². The van der Waals surface area contributed by atoms with E-state index in [9.17, 15) is 4.79 Å². The Labute approximate surface area is 126 Å². The molecule has 0 aliphatic carbocycles. The molecule has 1 aliphatic rings. The van der Waals surface area contributed by atoms with Crippen molar-refractivity contribution in [1.82, 2.24) is 9.88 Å². The van der Waals surface area contributed by atoms with Crippen LogP contribution in [0.25, 0.3) is 0 Å². The molecule has 0 aromatic carbocycles. The van der Waals surface area contributed by atoms with E-state index >= 15 is 0 Å². The van der Waals surface area contributed by atoms with Crippen molar-refractivity contribution < 1.29 is 4.79 Å². The number of likely N-dealkylation sites (tertiary alicyclic amines) is 1. The largest absolute Gasteiger partial charge is 0.333 e. The number of aryl methyl sites for hydroxylation is 1. The summed E-state index contributed by atoms with van der Waals surface area (Å²) in [5.74, 6) is 0.0892. The van der Waals surface area contributed by atoms with E-state index in [0.717, 1.165) is 31.4 Å². The second-order valence-corrected chi connectivity index (χ2v) is 6.15. The maximum absolute atomic E-state index is 12.8. The molecular weight excluding hydrogens is 272 g/mol. The average Bonchev–Trinajstić information content (AvgIpc) is 2.38. The number of hydrogen-bond acceptors (Lipinski definition) is 2. The van der Waals surface area contributed by atoms with Gasteiger partial charge in [0.25, 0.3) is 5.91 Å². The summed E-state index contributed by atoms with van der Waals surface area (Å²) in [5, 5.41) is 0.414. The van der Waals surface area contributed by atoms with Crippen molar-refractivity contribution >= 4 is 17.5 Å². The second-order valence-electron chi connectivity index (χ2n) is 5.76. The van der Waals surface area contributed by atoms with Gasteiger partial charge in [-0.05, 0) is 51.7 Å². The smallest absolute Gasteiger partial charge is 0.254 e. The van der Waals surface area contributed by atoms with E-state index in [0.29, 0.717) is 22.8 Å². The predicted octanol–water partition coefficient (Wildman–Crippen LogP) is 4.09. The number of aromatic nitrogens is 1. The van der Waals surface area contributed by atoms with Crippen molar-refractivity contribution in [3.8, 4) is 0 Å². The van der Waals surface area contributed by atoms with Crippen molar-refractivity contribution in [2.24, 2.45) is 0 Å². The highest BCUT2D eigenvalue weighted by molar-refractivity contribution is 6.29. The first-order valence-electron chi connectivity index (χ1n) is 7.52. The normalized spacial score (nSPS) is 22.9. The molecule has 4 heteroatoms. The molecule has 0 bridgehead atoms. The first kappa shape index (κ1) is 15.3. The minimum atomic E-state index is 0.0892. The van der Waals surface area contributed by atoms with Crippen molar-refractivity contribution in [3.63, 3.8) is 0 Å². The minimum Gasteiger partial charge on any atom is -0.333 e. The molecule has 1 amide bonds. The van der Waals surface area contributed by atoms with Crippen LogP contribution in [0.4, 0.5) is 0 Å². The third-order valence-electron chi connectivity index (χ3n) is 4.03. The van der Waals surface area contributed by atoms with Crippen LogP contribution in [0.1, 0.15) is 62.5 Å². The Morgan fingerprint density at radius 3 is 2.60 bits per heavy atom. The number of hydrogen-bond donors (Lipinski definition) is 0. The summed E-state index contributed by atoms with van der Waals surface area (Å²) in [7, 11) is 0. The van der Waals surface area contributed by atoms with Crippen LogP contribution in [0.5, 0.6) is 0 Å². The molecule has 1 fully saturated rings. The number of carbonyl (C=O) groups is 1. The zero-order valence-electron chi connectivity index (χ0n) is 12.5. The first-order valence-corrected chi connectivity index (χ1v) is 7.89. The molecule has 20 heavy (non-hydrogen) atoms. The molecule has 0 N–H and O–H groups in total. The standard InChI is InChI=1S/C16H23ClN2O/c1-4-6-14-9-13(10-15(17)18-14)16(20)19-11(2)7-5-8-12(19)3/h9-12H,4-8H2,1-3H3. The summed E-state index contributed by atoms with van der Waals surface area (Å²) < 4.78 is 0. The minimum absolute atomic E-state index is 0.0892. The number of nitrogens with zero attached hydrogens (tertiary/aromatic N) is 2. The van der Waals surface area contributed by atoms with Crippen molar-refractivity contribution in [2.45, 2.75) is 65.0 Å². The molecule has 2 unspecified atom stereocenters. The monoisotopic (exact) mass is 294 g/mol. The van der Waals surface area contributed by atoms with E-state index in [4.69, 9.17) is 11.6 Å². The molecule has 3 nitrogen and oxygen atoms in total. The fourth-order valence-electron chi connectivity index (χ4n) is 3.03. The summed E-state index contributed by atoms with van der Waals surface area (Å²) in [5.41, 5.74) is 1.58. The molecule has 2 rings (SSSR count). The van der Waals surface area contributed by atoms with E-state index in [2.05, 4.69) is 25.8 Å². The lowest BCUT2D eigenvalue weighted by atomic mass is 9.96. The van der Waals surface area contributed by atoms with Crippen LogP contribution < -0.4 is 0 Å². The highest BCUT2D eigenvalue weighted by Crippen LogP contribution is 2.25. The van der Waals surface area contributed by atoms with Crippen LogP contribution >= 0.6 is 11.6 Å². The van der Waals surface area contributed by atoms with Gasteiger partial charge in [0.1, 0.15) is 5.15 Å². The molecule has 1 aromatic rings. The Morgan fingerprint density at radius 1 is 1.35 bits per heavy atom. The number of amides is 1. The van der Waals surface area contributed by atoms with E-state index in [1.165, 1.54) is 6.42 Å². The molecule has 1 saturated heterocycles. The van der Waals surface area contributed by atoms with Gasteiger partial charge in [-0.15, -0.1) is 0 Å². The first-order chi connectivity index (χ1) is 9.52. The van der Waals surface area contributed by atoms with Crippen molar-refractivity contribution in [3.05, 3.63) is 28.5 Å². The molecule has 0 saturated carbocycles. The highest BCUT2D eigenvalue weighted by Gasteiger charge is 2.29. The molecular formula is C16H23ClN2O. The Bertz CT molecular complexity index is 479. The van der Waals surface area contributed by atoms with Crippen molar-refractivity contribution in [2.75, 3.05) is 0 Å². The molecule has 1 aromatic heterocycles. The lowest BCUT2D eigenvalue weighted by molar-refractivity contribution is 0.0510. The van der Waals surface area contributed by atoms with E-state index in [1.54, 1.807) is 6.07 Å². The highest BCUT2D eigenvalue weighted by atomic mass is 35.5. The van der Waals surface area contributed by atoms with E-state index in [1.807, 2.05) is 11.0 Å². The lowest BCUT2D eigenvalue weighted by Crippen LogP contribution is -2.47. The fourth-order valence-corrected chi connectivity index (χ4v) is 3.26. The van der Waals surface area contributed by atoms with Crippen LogP contribution in [-0.4, -0.2) is 27.9 Å². The Hall–Kier alpha value is -1.09. The van der Waals surface area contributed by atoms with Gasteiger partial charge < -0.3 is 4.90 Å². The molecule has 2 heterocycles. The zero-order chi connectivity index (χ0) is 14.7. The van der Waals surface area contributed by atoms with Gasteiger partial charge in [-0.2, -0.15) is 0 Å². The van der Waals surface area contributed by atoms with Gasteiger partial charge in [0.05, 0.1) is 0 Å². The zero-order valence-corrected chi connectivity index (χ0v) is 13.3. The Morgan fingerprint density at radius 2 is 2.00 bits per heavy atom. The number of carbonyl (C=O) groups excluding carboxylic acids is 1. The molecule has 1 aliphatic heterocycles. The van der Waals surface area contributed by atoms with Crippen LogP contribution in [0, 0.1) is 0 Å². The van der Waals surface area contributed by atoms with Crippen LogP contribution in [0.3, 0.4) is 0 Å². The summed E-state index contributed by atoms with van der Waals surface area (Å²) in [6.07, 6.45) is 5.21. The van der Waals surface area contributed by atoms with Crippen molar-refractivity contribution in [1.29, 1.82) is 0 Å². The molecule has 0 radical (unpaired) electrons. The number of pyridine rings is 1. The average molecular weight is 295 g/mol. The van der Waals surface area contributed by atoms with Gasteiger partial charge >= 0.3 is 0 Å². The van der Waals surface area contributed by atoms with Gasteiger partial charge in [-0.25, -0.2) is 4.98 Å². The molecule has 0 spiro atoms. The van der Waals surface area contributed by atoms with Crippen LogP contribution in [0.15, 0.2) is 12.1 Å². The van der Waals surface area contributed by atoms with Crippen LogP contribution in [-0.2, 0) is 6.42 Å². The van der Waals surface area contributed by atoms with E-state index < -0.39 is 0 Å². The van der Waals surface area contributed by atoms with Gasteiger partial charge in [0.15, 0.2) is 0 Å². The summed E-state index contributed by atoms with van der Waals surface area (Å²) in [6.45, 7) is 6.35. The van der Waals surface area contributed by atoms with Gasteiger partial charge in [-0.1, -0.05) is 24.9 Å². The summed E-state index contributed by atoms with van der Waals surface area (Å²) >= 11 is 6.06. The molecule has 2 atom stereocenters. The third kappa shape index (κ3) is 3.32. The third-order valence-corrected chi connectivity index (χ3v) is 4.22. The maximum Gasteiger partial charge on any atom is 0.254 e.